The van der Waals surface area contributed by atoms with Crippen LogP contribution in [0.4, 0.5) is 17.2 Å². The zero-order valence-corrected chi connectivity index (χ0v) is 38.4. The van der Waals surface area contributed by atoms with Crippen molar-refractivity contribution in [3.63, 3.8) is 0 Å². The first-order valence-electron chi connectivity index (χ1n) is 24.3. The molecule has 0 radical (unpaired) electrons. The van der Waals surface area contributed by atoms with Crippen LogP contribution in [0.15, 0.2) is 65.7 Å². The van der Waals surface area contributed by atoms with E-state index in [1.165, 1.54) is 100 Å². The van der Waals surface area contributed by atoms with Crippen LogP contribution in [-0.2, 0) is 9.59 Å². The minimum Gasteiger partial charge on any atom is -0.494 e. The molecule has 3 heterocycles. The molecule has 2 unspecified atom stereocenters. The van der Waals surface area contributed by atoms with Crippen LogP contribution in [0.1, 0.15) is 127 Å². The third-order valence-electron chi connectivity index (χ3n) is 14.7. The van der Waals surface area contributed by atoms with Gasteiger partial charge in [0, 0.05) is 62.0 Å². The zero-order chi connectivity index (χ0) is 44.6. The highest BCUT2D eigenvalue weighted by Crippen LogP contribution is 2.61. The molecule has 5 N–H and O–H groups in total. The molecule has 9 rings (SSSR count). The molecule has 12 heteroatoms. The molecule has 0 spiro atoms. The number of rotatable bonds is 21. The van der Waals surface area contributed by atoms with Gasteiger partial charge in [0.2, 0.25) is 11.8 Å². The lowest BCUT2D eigenvalue weighted by Crippen LogP contribution is -2.54. The Hall–Kier alpha value is -5.23. The smallest absolute Gasteiger partial charge is 0.257 e. The fraction of sp³-hybridized carbons (Fsp3) is 0.558. The van der Waals surface area contributed by atoms with Crippen molar-refractivity contribution < 1.29 is 14.3 Å². The van der Waals surface area contributed by atoms with Crippen LogP contribution in [0.2, 0.25) is 0 Å². The Morgan fingerprint density at radius 1 is 0.969 bits per heavy atom. The number of para-hydroxylation sites is 1. The normalized spacial score (nSPS) is 23.1. The summed E-state index contributed by atoms with van der Waals surface area (Å²) in [4.78, 5) is 51.1. The second-order valence-electron chi connectivity index (χ2n) is 19.6. The van der Waals surface area contributed by atoms with Crippen LogP contribution >= 0.6 is 0 Å². The number of aromatic nitrogens is 3. The average molecular weight is 871 g/mol. The van der Waals surface area contributed by atoms with E-state index in [9.17, 15) is 14.4 Å². The van der Waals surface area contributed by atoms with Crippen molar-refractivity contribution in [1.82, 2.24) is 25.2 Å². The van der Waals surface area contributed by atoms with Gasteiger partial charge >= 0.3 is 0 Å². The number of hydrogen-bond acceptors (Lipinski definition) is 9. The Bertz CT molecular complexity index is 2320. The lowest BCUT2D eigenvalue weighted by atomic mass is 9.49. The molecule has 4 aliphatic carbocycles. The number of hydrogen-bond donors (Lipinski definition) is 4. The third kappa shape index (κ3) is 10.6. The molecule has 4 bridgehead atoms. The number of methoxy groups -OCH3 is 1. The lowest BCUT2D eigenvalue weighted by molar-refractivity contribution is -0.130. The minimum atomic E-state index is -0.582. The van der Waals surface area contributed by atoms with Gasteiger partial charge < -0.3 is 31.3 Å². The van der Waals surface area contributed by atoms with Crippen molar-refractivity contribution in [2.45, 2.75) is 135 Å². The number of nitrogens with two attached hydrogens (primary N) is 1. The second kappa shape index (κ2) is 20.7. The van der Waals surface area contributed by atoms with Crippen LogP contribution < -0.4 is 36.9 Å². The van der Waals surface area contributed by atoms with E-state index in [2.05, 4.69) is 49.9 Å². The molecule has 342 valence electrons. The van der Waals surface area contributed by atoms with Gasteiger partial charge in [0.05, 0.1) is 23.9 Å². The molecular formula is C52H70N8O4. The summed E-state index contributed by atoms with van der Waals surface area (Å²) in [6, 6.07) is 15.4. The summed E-state index contributed by atoms with van der Waals surface area (Å²) in [6.45, 7) is 6.70. The maximum Gasteiger partial charge on any atom is 0.257 e. The van der Waals surface area contributed by atoms with Crippen molar-refractivity contribution in [3.05, 3.63) is 82.4 Å². The number of piperazine rings is 1. The van der Waals surface area contributed by atoms with E-state index in [1.807, 2.05) is 37.3 Å². The number of ether oxygens (including phenoxy) is 1. The Balaban J connectivity index is 1.00. The van der Waals surface area contributed by atoms with Gasteiger partial charge in [0.25, 0.3) is 5.56 Å². The SMILES string of the molecule is CCCCCCCCCCC(CC1CNCCN1c1ccc(Nc2ncnc3c2c(C)cc(=O)n3-c2ccccc2/C=C/C(N)=O)c(OC)c1)NC(=O)CC12CC3CC(CC(C3)C1)C2. The first kappa shape index (κ1) is 45.3. The number of anilines is 3. The van der Waals surface area contributed by atoms with E-state index < -0.39 is 5.91 Å². The standard InChI is InChI=1S/C52H70N8O4/c1-4-5-6-7-8-9-10-11-15-40(57-47(62)32-52-29-36-24-37(30-52)26-38(25-36)31-52)27-42-33-54-21-22-59(42)41-18-19-43(45(28-41)64-3)58-50-49-35(2)23-48(63)60(51(49)56-34-55-50)44-16-13-12-14-39(44)17-20-46(53)61/h12-14,16-20,23,28,34,36-38,40,42,54H,4-11,15,21-22,24-27,29-33H2,1-3H3,(H2,53,61)(H,57,62)(H,55,56,58)/b20-17+. The van der Waals surface area contributed by atoms with Gasteiger partial charge in [0.15, 0.2) is 5.65 Å². The van der Waals surface area contributed by atoms with Gasteiger partial charge in [-0.15, -0.1) is 0 Å². The van der Waals surface area contributed by atoms with Gasteiger partial charge in [-0.2, -0.15) is 0 Å². The Morgan fingerprint density at radius 2 is 1.69 bits per heavy atom. The number of nitrogens with zero attached hydrogens (tertiary/aromatic N) is 4. The van der Waals surface area contributed by atoms with Crippen LogP contribution in [0.3, 0.4) is 0 Å². The summed E-state index contributed by atoms with van der Waals surface area (Å²) in [5.41, 5.74) is 9.51. The molecule has 4 saturated carbocycles. The molecule has 2 amide bonds. The molecule has 2 aromatic carbocycles. The Morgan fingerprint density at radius 3 is 2.41 bits per heavy atom. The first-order chi connectivity index (χ1) is 31.1. The maximum absolute atomic E-state index is 14.1. The highest BCUT2D eigenvalue weighted by molar-refractivity contribution is 5.94. The highest BCUT2D eigenvalue weighted by Gasteiger charge is 2.51. The number of benzene rings is 2. The fourth-order valence-corrected chi connectivity index (χ4v) is 12.3. The number of nitrogens with one attached hydrogen (secondary N) is 3. The van der Waals surface area contributed by atoms with Gasteiger partial charge in [0.1, 0.15) is 17.9 Å². The van der Waals surface area contributed by atoms with E-state index in [4.69, 9.17) is 10.5 Å². The number of carbonyl (C=O) groups is 2. The summed E-state index contributed by atoms with van der Waals surface area (Å²) in [7, 11) is 1.68. The molecule has 5 aliphatic rings. The highest BCUT2D eigenvalue weighted by atomic mass is 16.5. The van der Waals surface area contributed by atoms with E-state index in [-0.39, 0.29) is 29.0 Å². The van der Waals surface area contributed by atoms with Gasteiger partial charge in [-0.05, 0) is 117 Å². The predicted molar refractivity (Wildman–Crippen MR) is 257 cm³/mol. The first-order valence-corrected chi connectivity index (χ1v) is 24.3. The van der Waals surface area contributed by atoms with Crippen LogP contribution in [0, 0.1) is 30.1 Å². The number of carbonyl (C=O) groups excluding carboxylic acids is 2. The van der Waals surface area contributed by atoms with E-state index in [0.717, 1.165) is 73.6 Å². The number of aryl methyl sites for hydroxylation is 1. The largest absolute Gasteiger partial charge is 0.494 e. The maximum atomic E-state index is 14.1. The predicted octanol–water partition coefficient (Wildman–Crippen LogP) is 9.13. The summed E-state index contributed by atoms with van der Waals surface area (Å²) in [6.07, 6.45) is 25.0. The van der Waals surface area contributed by atoms with E-state index >= 15 is 0 Å². The van der Waals surface area contributed by atoms with Crippen LogP contribution in [0.5, 0.6) is 5.75 Å². The summed E-state index contributed by atoms with van der Waals surface area (Å²) in [5.74, 6) is 3.39. The van der Waals surface area contributed by atoms with Crippen molar-refractivity contribution in [1.29, 1.82) is 0 Å². The molecule has 1 saturated heterocycles. The summed E-state index contributed by atoms with van der Waals surface area (Å²) in [5, 5.41) is 11.5. The third-order valence-corrected chi connectivity index (χ3v) is 14.7. The van der Waals surface area contributed by atoms with Gasteiger partial charge in [-0.3, -0.25) is 19.0 Å². The monoisotopic (exact) mass is 871 g/mol. The van der Waals surface area contributed by atoms with E-state index in [1.54, 1.807) is 19.3 Å². The minimum absolute atomic E-state index is 0.120. The van der Waals surface area contributed by atoms with Crippen molar-refractivity contribution in [2.24, 2.45) is 28.9 Å². The topological polar surface area (TPSA) is 156 Å². The average Bonchev–Trinajstić information content (AvgIpc) is 3.26. The second-order valence-corrected chi connectivity index (χ2v) is 19.6. The van der Waals surface area contributed by atoms with Crippen molar-refractivity contribution in [3.8, 4) is 11.4 Å². The summed E-state index contributed by atoms with van der Waals surface area (Å²) < 4.78 is 7.59. The molecule has 64 heavy (non-hydrogen) atoms. The molecule has 5 fully saturated rings. The number of unbranched alkanes of at least 4 members (excludes halogenated alkanes) is 7. The number of fused-ring (bicyclic) bond motifs is 1. The van der Waals surface area contributed by atoms with E-state index in [0.29, 0.717) is 40.3 Å². The fourth-order valence-electron chi connectivity index (χ4n) is 12.3. The molecule has 2 aromatic heterocycles. The van der Waals surface area contributed by atoms with Crippen molar-refractivity contribution >= 4 is 46.1 Å². The number of primary amides is 1. The van der Waals surface area contributed by atoms with Gasteiger partial charge in [-0.1, -0.05) is 76.5 Å². The quantitative estimate of drug-likeness (QED) is 0.0474. The molecule has 12 nitrogen and oxygen atoms in total. The Labute approximate surface area is 379 Å². The molecule has 1 aliphatic heterocycles. The molecule has 4 aromatic rings. The van der Waals surface area contributed by atoms with Crippen molar-refractivity contribution in [2.75, 3.05) is 37.0 Å². The van der Waals surface area contributed by atoms with Gasteiger partial charge in [-0.25, -0.2) is 9.97 Å². The number of pyridine rings is 1. The lowest BCUT2D eigenvalue weighted by Gasteiger charge is -2.56. The number of amides is 2. The summed E-state index contributed by atoms with van der Waals surface area (Å²) >= 11 is 0. The molecule has 2 atom stereocenters. The van der Waals surface area contributed by atoms with Crippen LogP contribution in [0.25, 0.3) is 22.8 Å². The molecular weight excluding hydrogens is 801 g/mol. The zero-order valence-electron chi connectivity index (χ0n) is 38.4. The Kier molecular flexibility index (Phi) is 14.7. The van der Waals surface area contributed by atoms with Crippen LogP contribution in [-0.4, -0.2) is 65.2 Å².